The summed E-state index contributed by atoms with van der Waals surface area (Å²) in [6.07, 6.45) is -0.204. The molecule has 25 heavy (non-hydrogen) atoms. The number of benzene rings is 1. The Kier molecular flexibility index (Phi) is 9.12. The predicted molar refractivity (Wildman–Crippen MR) is 112 cm³/mol. The minimum atomic E-state index is -0.360. The van der Waals surface area contributed by atoms with Crippen LogP contribution in [0.5, 0.6) is 5.75 Å². The number of nitrogens with one attached hydrogen (secondary N) is 2. The highest BCUT2D eigenvalue weighted by atomic mass is 127. The van der Waals surface area contributed by atoms with E-state index < -0.39 is 0 Å². The van der Waals surface area contributed by atoms with Crippen LogP contribution in [0.1, 0.15) is 22.5 Å². The number of halogens is 2. The molecule has 5 nitrogen and oxygen atoms in total. The molecule has 2 aromatic rings. The van der Waals surface area contributed by atoms with Crippen molar-refractivity contribution >= 4 is 41.3 Å². The Balaban J connectivity index is 0.00000312. The summed E-state index contributed by atoms with van der Waals surface area (Å²) in [6, 6.07) is 6.38. The van der Waals surface area contributed by atoms with Crippen LogP contribution in [0.15, 0.2) is 29.3 Å². The van der Waals surface area contributed by atoms with Crippen molar-refractivity contribution in [2.24, 2.45) is 4.99 Å². The number of aromatic nitrogens is 1. The largest absolute Gasteiger partial charge is 0.486 e. The molecule has 0 aliphatic heterocycles. The van der Waals surface area contributed by atoms with Crippen molar-refractivity contribution < 1.29 is 9.13 Å². The average Bonchev–Trinajstić information content (AvgIpc) is 2.88. The van der Waals surface area contributed by atoms with Gasteiger partial charge < -0.3 is 15.4 Å². The highest BCUT2D eigenvalue weighted by Gasteiger charge is 2.09. The molecule has 0 radical (unpaired) electrons. The number of guanidine groups is 1. The first-order valence-corrected chi connectivity index (χ1v) is 8.60. The molecule has 0 amide bonds. The third-order valence-corrected chi connectivity index (χ3v) is 4.50. The summed E-state index contributed by atoms with van der Waals surface area (Å²) in [5.74, 6) is 0.550. The van der Waals surface area contributed by atoms with Gasteiger partial charge in [0.25, 0.3) is 0 Å². The molecule has 1 aromatic carbocycles. The number of ether oxygens (including phenoxy) is 1. The number of aliphatic imine (C=N–C) groups is 1. The fourth-order valence-electron chi connectivity index (χ4n) is 2.03. The van der Waals surface area contributed by atoms with Crippen LogP contribution in [-0.4, -0.2) is 30.6 Å². The summed E-state index contributed by atoms with van der Waals surface area (Å²) in [5.41, 5.74) is 1.06. The van der Waals surface area contributed by atoms with E-state index in [0.717, 1.165) is 10.7 Å². The minimum Gasteiger partial charge on any atom is -0.486 e. The predicted octanol–water partition coefficient (Wildman–Crippen LogP) is 3.65. The molecule has 0 saturated heterocycles. The second kappa shape index (κ2) is 10.5. The fourth-order valence-corrected chi connectivity index (χ4v) is 2.91. The zero-order chi connectivity index (χ0) is 17.5. The van der Waals surface area contributed by atoms with E-state index in [1.54, 1.807) is 36.6 Å². The summed E-state index contributed by atoms with van der Waals surface area (Å²) in [5, 5.41) is 7.40. The van der Waals surface area contributed by atoms with E-state index in [9.17, 15) is 4.39 Å². The highest BCUT2D eigenvalue weighted by Crippen LogP contribution is 2.17. The van der Waals surface area contributed by atoms with Gasteiger partial charge in [-0.25, -0.2) is 9.37 Å². The molecule has 1 atom stereocenters. The Bertz CT molecular complexity index is 688. The van der Waals surface area contributed by atoms with E-state index in [0.29, 0.717) is 19.0 Å². The molecule has 138 valence electrons. The lowest BCUT2D eigenvalue weighted by Gasteiger charge is -2.17. The first-order chi connectivity index (χ1) is 11.5. The van der Waals surface area contributed by atoms with Gasteiger partial charge in [0.15, 0.2) is 17.5 Å². The van der Waals surface area contributed by atoms with Gasteiger partial charge in [0, 0.05) is 11.9 Å². The number of para-hydroxylation sites is 1. The van der Waals surface area contributed by atoms with Crippen LogP contribution in [0.25, 0.3) is 0 Å². The molecule has 1 aromatic heterocycles. The van der Waals surface area contributed by atoms with Crippen LogP contribution in [-0.2, 0) is 6.54 Å². The van der Waals surface area contributed by atoms with E-state index in [1.807, 2.05) is 13.8 Å². The van der Waals surface area contributed by atoms with Crippen molar-refractivity contribution in [1.82, 2.24) is 15.6 Å². The summed E-state index contributed by atoms with van der Waals surface area (Å²) < 4.78 is 19.2. The van der Waals surface area contributed by atoms with Gasteiger partial charge in [-0.1, -0.05) is 12.1 Å². The molecule has 0 fully saturated rings. The normalized spacial score (nSPS) is 12.3. The molecule has 0 saturated carbocycles. The maximum atomic E-state index is 13.6. The van der Waals surface area contributed by atoms with E-state index in [2.05, 4.69) is 27.5 Å². The lowest BCUT2D eigenvalue weighted by atomic mass is 10.3. The summed E-state index contributed by atoms with van der Waals surface area (Å²) in [6.45, 7) is 7.06. The fraction of sp³-hybridized carbons (Fsp3) is 0.412. The topological polar surface area (TPSA) is 58.5 Å². The molecule has 2 N–H and O–H groups in total. The monoisotopic (exact) mass is 478 g/mol. The molecule has 0 bridgehead atoms. The van der Waals surface area contributed by atoms with Crippen LogP contribution in [0, 0.1) is 19.7 Å². The number of rotatable bonds is 6. The number of hydrogen-bond acceptors (Lipinski definition) is 4. The highest BCUT2D eigenvalue weighted by molar-refractivity contribution is 14.0. The van der Waals surface area contributed by atoms with Crippen molar-refractivity contribution in [3.63, 3.8) is 0 Å². The molecule has 8 heteroatoms. The summed E-state index contributed by atoms with van der Waals surface area (Å²) in [7, 11) is 1.70. The van der Waals surface area contributed by atoms with Crippen molar-refractivity contribution in [2.45, 2.75) is 33.4 Å². The van der Waals surface area contributed by atoms with Crippen LogP contribution in [0.2, 0.25) is 0 Å². The number of thiazole rings is 1. The third-order valence-electron chi connectivity index (χ3n) is 3.43. The average molecular weight is 478 g/mol. The summed E-state index contributed by atoms with van der Waals surface area (Å²) >= 11 is 1.67. The van der Waals surface area contributed by atoms with Gasteiger partial charge >= 0.3 is 0 Å². The standard InChI is InChI=1S/C17H23FN4OS.HI/c1-11(23-15-8-6-5-7-14(15)18)9-20-17(19-4)21-10-16-22-12(2)13(3)24-16;/h5-8,11H,9-10H2,1-4H3,(H2,19,20,21);1H. The van der Waals surface area contributed by atoms with Crippen molar-refractivity contribution in [3.05, 3.63) is 45.7 Å². The van der Waals surface area contributed by atoms with E-state index in [4.69, 9.17) is 4.74 Å². The van der Waals surface area contributed by atoms with Gasteiger partial charge in [0.2, 0.25) is 0 Å². The van der Waals surface area contributed by atoms with Crippen LogP contribution >= 0.6 is 35.3 Å². The second-order valence-corrected chi connectivity index (χ2v) is 6.70. The van der Waals surface area contributed by atoms with Gasteiger partial charge in [-0.05, 0) is 32.9 Å². The van der Waals surface area contributed by atoms with Crippen molar-refractivity contribution in [3.8, 4) is 5.75 Å². The van der Waals surface area contributed by atoms with Crippen molar-refractivity contribution in [1.29, 1.82) is 0 Å². The Morgan fingerprint density at radius 1 is 1.32 bits per heavy atom. The van der Waals surface area contributed by atoms with E-state index in [1.165, 1.54) is 10.9 Å². The van der Waals surface area contributed by atoms with Gasteiger partial charge in [0.05, 0.1) is 18.8 Å². The lowest BCUT2D eigenvalue weighted by molar-refractivity contribution is 0.214. The van der Waals surface area contributed by atoms with Gasteiger partial charge in [-0.2, -0.15) is 0 Å². The molecular weight excluding hydrogens is 454 g/mol. The zero-order valence-electron chi connectivity index (χ0n) is 14.8. The SMILES string of the molecule is CN=C(NCc1nc(C)c(C)s1)NCC(C)Oc1ccccc1F.I. The molecular formula is C17H24FIN4OS. The quantitative estimate of drug-likeness (QED) is 0.378. The van der Waals surface area contributed by atoms with Crippen LogP contribution in [0.4, 0.5) is 4.39 Å². The summed E-state index contributed by atoms with van der Waals surface area (Å²) in [4.78, 5) is 9.88. The van der Waals surface area contributed by atoms with Gasteiger partial charge in [-0.15, -0.1) is 35.3 Å². The van der Waals surface area contributed by atoms with Crippen molar-refractivity contribution in [2.75, 3.05) is 13.6 Å². The Hall–Kier alpha value is -1.42. The third kappa shape index (κ3) is 6.77. The first-order valence-electron chi connectivity index (χ1n) is 7.78. The van der Waals surface area contributed by atoms with Gasteiger partial charge in [-0.3, -0.25) is 4.99 Å². The molecule has 0 spiro atoms. The lowest BCUT2D eigenvalue weighted by Crippen LogP contribution is -2.41. The van der Waals surface area contributed by atoms with Crippen LogP contribution < -0.4 is 15.4 Å². The second-order valence-electron chi connectivity index (χ2n) is 5.41. The first kappa shape index (κ1) is 21.6. The Morgan fingerprint density at radius 2 is 2.04 bits per heavy atom. The number of hydrogen-bond donors (Lipinski definition) is 2. The Morgan fingerprint density at radius 3 is 2.64 bits per heavy atom. The number of aryl methyl sites for hydroxylation is 2. The molecule has 2 rings (SSSR count). The molecule has 1 unspecified atom stereocenters. The van der Waals surface area contributed by atoms with E-state index >= 15 is 0 Å². The zero-order valence-corrected chi connectivity index (χ0v) is 17.9. The molecule has 0 aliphatic carbocycles. The van der Waals surface area contributed by atoms with E-state index in [-0.39, 0.29) is 41.6 Å². The maximum absolute atomic E-state index is 13.6. The number of nitrogens with zero attached hydrogens (tertiary/aromatic N) is 2. The molecule has 0 aliphatic rings. The van der Waals surface area contributed by atoms with Crippen LogP contribution in [0.3, 0.4) is 0 Å². The molecule has 1 heterocycles. The minimum absolute atomic E-state index is 0. The maximum Gasteiger partial charge on any atom is 0.191 e. The van der Waals surface area contributed by atoms with Gasteiger partial charge in [0.1, 0.15) is 11.1 Å². The smallest absolute Gasteiger partial charge is 0.191 e. The Labute approximate surface area is 169 Å².